The second-order valence-electron chi connectivity index (χ2n) is 6.08. The largest absolute Gasteiger partial charge is 0.619 e. The average molecular weight is 455 g/mol. The van der Waals surface area contributed by atoms with Gasteiger partial charge in [0, 0.05) is 19.0 Å². The van der Waals surface area contributed by atoms with Crippen molar-refractivity contribution in [1.82, 2.24) is 9.78 Å². The van der Waals surface area contributed by atoms with Gasteiger partial charge in [-0.05, 0) is 13.0 Å². The van der Waals surface area contributed by atoms with Gasteiger partial charge < -0.3 is 10.1 Å². The van der Waals surface area contributed by atoms with Crippen LogP contribution in [0.4, 0.5) is 18.9 Å². The topological polar surface area (TPSA) is 99.2 Å². The molecule has 0 spiro atoms. The van der Waals surface area contributed by atoms with Crippen LogP contribution in [0, 0.1) is 5.21 Å². The third kappa shape index (κ3) is 6.60. The monoisotopic (exact) mass is 454 g/mol. The molecule has 0 bridgehead atoms. The van der Waals surface area contributed by atoms with Crippen molar-refractivity contribution in [1.29, 1.82) is 0 Å². The number of anilines is 1. The summed E-state index contributed by atoms with van der Waals surface area (Å²) >= 11 is 6.09. The quantitative estimate of drug-likeness (QED) is 0.450. The molecule has 0 saturated heterocycles. The molecular formula is C16H18ClF3N4O4S. The summed E-state index contributed by atoms with van der Waals surface area (Å²) in [5.74, 6) is -2.41. The Balaban J connectivity index is 2.12. The first-order chi connectivity index (χ1) is 13.4. The Morgan fingerprint density at radius 3 is 2.66 bits per heavy atom. The van der Waals surface area contributed by atoms with E-state index < -0.39 is 46.3 Å². The molecule has 0 N–H and O–H groups in total. The van der Waals surface area contributed by atoms with Crippen molar-refractivity contribution >= 4 is 33.0 Å². The van der Waals surface area contributed by atoms with Gasteiger partial charge in [0.15, 0.2) is 21.2 Å². The lowest BCUT2D eigenvalue weighted by molar-refractivity contribution is -0.605. The molecule has 8 nitrogen and oxygen atoms in total. The van der Waals surface area contributed by atoms with Gasteiger partial charge in [0.25, 0.3) is 0 Å². The molecule has 0 unspecified atom stereocenters. The summed E-state index contributed by atoms with van der Waals surface area (Å²) in [5, 5.41) is 15.4. The van der Waals surface area contributed by atoms with E-state index in [0.29, 0.717) is 10.4 Å². The van der Waals surface area contributed by atoms with Crippen molar-refractivity contribution in [2.24, 2.45) is 0 Å². The van der Waals surface area contributed by atoms with Gasteiger partial charge in [-0.1, -0.05) is 11.6 Å². The van der Waals surface area contributed by atoms with E-state index in [1.54, 1.807) is 13.0 Å². The maximum atomic E-state index is 12.5. The smallest absolute Gasteiger partial charge is 0.390 e. The maximum absolute atomic E-state index is 12.5. The van der Waals surface area contributed by atoms with E-state index in [1.165, 1.54) is 34.2 Å². The fourth-order valence-electron chi connectivity index (χ4n) is 2.47. The minimum absolute atomic E-state index is 0.0542. The van der Waals surface area contributed by atoms with Crippen LogP contribution in [0.1, 0.15) is 19.8 Å². The molecule has 2 aromatic heterocycles. The summed E-state index contributed by atoms with van der Waals surface area (Å²) in [4.78, 5) is 13.6. The molecule has 0 aliphatic carbocycles. The third-order valence-corrected chi connectivity index (χ3v) is 5.83. The van der Waals surface area contributed by atoms with Gasteiger partial charge in [0.1, 0.15) is 11.4 Å². The minimum atomic E-state index is -4.59. The molecular weight excluding hydrogens is 437 g/mol. The number of hydrogen-bond acceptors (Lipinski definition) is 5. The van der Waals surface area contributed by atoms with Crippen LogP contribution >= 0.6 is 11.6 Å². The van der Waals surface area contributed by atoms with E-state index in [9.17, 15) is 31.6 Å². The summed E-state index contributed by atoms with van der Waals surface area (Å²) in [6, 6.07) is 3.08. The third-order valence-electron chi connectivity index (χ3n) is 3.91. The number of nitrogens with zero attached hydrogens (tertiary/aromatic N) is 4. The summed E-state index contributed by atoms with van der Waals surface area (Å²) in [7, 11) is -4.05. The number of amides is 1. The molecule has 0 aliphatic rings. The summed E-state index contributed by atoms with van der Waals surface area (Å²) in [5.41, 5.74) is 0.571. The van der Waals surface area contributed by atoms with E-state index in [0.717, 1.165) is 0 Å². The number of sulfone groups is 1. The predicted molar refractivity (Wildman–Crippen MR) is 99.5 cm³/mol. The van der Waals surface area contributed by atoms with Crippen LogP contribution in [0.2, 0.25) is 5.15 Å². The van der Waals surface area contributed by atoms with Gasteiger partial charge >= 0.3 is 6.18 Å². The highest BCUT2D eigenvalue weighted by atomic mass is 35.5. The van der Waals surface area contributed by atoms with E-state index in [-0.39, 0.29) is 17.4 Å². The van der Waals surface area contributed by atoms with Crippen LogP contribution in [0.3, 0.4) is 0 Å². The Hall–Kier alpha value is -2.34. The van der Waals surface area contributed by atoms with Crippen molar-refractivity contribution in [3.05, 3.63) is 41.1 Å². The number of halogens is 4. The van der Waals surface area contributed by atoms with Crippen molar-refractivity contribution < 1.29 is 31.1 Å². The van der Waals surface area contributed by atoms with Crippen molar-refractivity contribution in [3.63, 3.8) is 0 Å². The standard InChI is InChI=1S/C16H18ClF3N4O4S/c1-2-23(14(25)5-8-29(27,28)9-6-16(18,19)20)13-11-24(21-15(13)17)12-4-3-7-22(26)10-12/h3-4,7,10-11H,2,5-6,8-9H2,1H3. The van der Waals surface area contributed by atoms with Crippen LogP contribution in [0.25, 0.3) is 5.69 Å². The van der Waals surface area contributed by atoms with Crippen molar-refractivity contribution in [2.75, 3.05) is 23.0 Å². The SMILES string of the molecule is CCN(C(=O)CCS(=O)(=O)CCC(F)(F)F)c1cn(-c2ccc[n+]([O-])c2)nc1Cl. The number of carbonyl (C=O) groups excluding carboxylic acids is 1. The molecule has 2 heterocycles. The molecule has 1 amide bonds. The van der Waals surface area contributed by atoms with E-state index in [4.69, 9.17) is 11.6 Å². The van der Waals surface area contributed by atoms with Crippen LogP contribution in [-0.4, -0.2) is 48.3 Å². The summed E-state index contributed by atoms with van der Waals surface area (Å²) in [6.07, 6.45) is -2.64. The van der Waals surface area contributed by atoms with Crippen LogP contribution < -0.4 is 9.63 Å². The second-order valence-corrected chi connectivity index (χ2v) is 8.74. The van der Waals surface area contributed by atoms with Gasteiger partial charge in [0.05, 0.1) is 24.1 Å². The highest BCUT2D eigenvalue weighted by Crippen LogP contribution is 2.26. The zero-order valence-corrected chi connectivity index (χ0v) is 16.8. The molecule has 13 heteroatoms. The zero-order chi connectivity index (χ0) is 21.8. The average Bonchev–Trinajstić information content (AvgIpc) is 3.00. The fraction of sp³-hybridized carbons (Fsp3) is 0.438. The summed E-state index contributed by atoms with van der Waals surface area (Å²) < 4.78 is 62.0. The Bertz CT molecular complexity index is 979. The van der Waals surface area contributed by atoms with Gasteiger partial charge in [-0.25, -0.2) is 13.1 Å². The number of carbonyl (C=O) groups is 1. The highest BCUT2D eigenvalue weighted by molar-refractivity contribution is 7.91. The molecule has 0 atom stereocenters. The molecule has 0 saturated carbocycles. The van der Waals surface area contributed by atoms with E-state index >= 15 is 0 Å². The van der Waals surface area contributed by atoms with Gasteiger partial charge in [-0.2, -0.15) is 23.0 Å². The Morgan fingerprint density at radius 1 is 1.38 bits per heavy atom. The van der Waals surface area contributed by atoms with E-state index in [2.05, 4.69) is 5.10 Å². The number of rotatable bonds is 8. The minimum Gasteiger partial charge on any atom is -0.619 e. The molecule has 0 fully saturated rings. The number of alkyl halides is 3. The van der Waals surface area contributed by atoms with Gasteiger partial charge in [-0.15, -0.1) is 0 Å². The maximum Gasteiger partial charge on any atom is 0.390 e. The molecule has 0 radical (unpaired) electrons. The van der Waals surface area contributed by atoms with Gasteiger partial charge in [0.2, 0.25) is 12.1 Å². The molecule has 0 aromatic carbocycles. The van der Waals surface area contributed by atoms with Crippen LogP contribution in [0.15, 0.2) is 30.7 Å². The molecule has 0 aliphatic heterocycles. The first-order valence-corrected chi connectivity index (χ1v) is 10.6. The Labute approximate surface area is 170 Å². The lowest BCUT2D eigenvalue weighted by atomic mass is 10.3. The van der Waals surface area contributed by atoms with Crippen LogP contribution in [0.5, 0.6) is 0 Å². The second kappa shape index (κ2) is 8.99. The van der Waals surface area contributed by atoms with Crippen molar-refractivity contribution in [3.8, 4) is 5.69 Å². The number of pyridine rings is 1. The van der Waals surface area contributed by atoms with Gasteiger partial charge in [-0.3, -0.25) is 4.79 Å². The van der Waals surface area contributed by atoms with E-state index in [1.807, 2.05) is 0 Å². The van der Waals surface area contributed by atoms with Crippen molar-refractivity contribution in [2.45, 2.75) is 25.9 Å². The predicted octanol–water partition coefficient (Wildman–Crippen LogP) is 2.27. The summed E-state index contributed by atoms with van der Waals surface area (Å²) in [6.45, 7) is 1.75. The highest BCUT2D eigenvalue weighted by Gasteiger charge is 2.30. The normalized spacial score (nSPS) is 12.2. The lowest BCUT2D eigenvalue weighted by Crippen LogP contribution is -2.32. The first kappa shape index (κ1) is 22.9. The Morgan fingerprint density at radius 2 is 2.07 bits per heavy atom. The molecule has 160 valence electrons. The number of aromatic nitrogens is 3. The molecule has 2 aromatic rings. The fourth-order valence-corrected chi connectivity index (χ4v) is 3.93. The zero-order valence-electron chi connectivity index (χ0n) is 15.3. The molecule has 29 heavy (non-hydrogen) atoms. The Kier molecular flexibility index (Phi) is 7.11. The molecule has 2 rings (SSSR count). The van der Waals surface area contributed by atoms with Crippen LogP contribution in [-0.2, 0) is 14.6 Å². The lowest BCUT2D eigenvalue weighted by Gasteiger charge is -2.19. The number of hydrogen-bond donors (Lipinski definition) is 0. The first-order valence-electron chi connectivity index (χ1n) is 8.44.